The van der Waals surface area contributed by atoms with Gasteiger partial charge in [0.05, 0.1) is 0 Å². The van der Waals surface area contributed by atoms with Gasteiger partial charge in [-0.25, -0.2) is 5.84 Å². The van der Waals surface area contributed by atoms with Crippen LogP contribution in [0.25, 0.3) is 0 Å². The highest BCUT2D eigenvalue weighted by Gasteiger charge is 2.16. The lowest BCUT2D eigenvalue weighted by Gasteiger charge is -2.30. The molecule has 0 unspecified atom stereocenters. The van der Waals surface area contributed by atoms with Crippen LogP contribution < -0.4 is 16.2 Å². The number of anilines is 1. The van der Waals surface area contributed by atoms with E-state index in [0.29, 0.717) is 5.56 Å². The van der Waals surface area contributed by atoms with E-state index in [1.807, 2.05) is 19.1 Å². The largest absolute Gasteiger partial charge is 0.371 e. The molecule has 0 aromatic heterocycles. The zero-order valence-electron chi connectivity index (χ0n) is 10.2. The SMILES string of the molecule is Cc1c(C(=O)NN)cccc1N1CCCCC1. The topological polar surface area (TPSA) is 58.4 Å². The minimum Gasteiger partial charge on any atom is -0.371 e. The Morgan fingerprint density at radius 3 is 2.65 bits per heavy atom. The zero-order valence-corrected chi connectivity index (χ0v) is 10.2. The number of hydrogen-bond donors (Lipinski definition) is 2. The molecule has 92 valence electrons. The summed E-state index contributed by atoms with van der Waals surface area (Å²) in [7, 11) is 0. The smallest absolute Gasteiger partial charge is 0.265 e. The second kappa shape index (κ2) is 5.19. The number of hydrazine groups is 1. The first-order valence-corrected chi connectivity index (χ1v) is 6.09. The van der Waals surface area contributed by atoms with Crippen LogP contribution in [0.2, 0.25) is 0 Å². The molecule has 4 heteroatoms. The normalized spacial score (nSPS) is 15.8. The first-order chi connectivity index (χ1) is 8.24. The summed E-state index contributed by atoms with van der Waals surface area (Å²) >= 11 is 0. The van der Waals surface area contributed by atoms with E-state index in [9.17, 15) is 4.79 Å². The molecule has 0 saturated carbocycles. The van der Waals surface area contributed by atoms with Gasteiger partial charge in [0.15, 0.2) is 0 Å². The van der Waals surface area contributed by atoms with Crippen molar-refractivity contribution in [1.29, 1.82) is 0 Å². The quantitative estimate of drug-likeness (QED) is 0.463. The Hall–Kier alpha value is -1.55. The first-order valence-electron chi connectivity index (χ1n) is 6.09. The summed E-state index contributed by atoms with van der Waals surface area (Å²) in [4.78, 5) is 14.0. The van der Waals surface area contributed by atoms with E-state index in [1.165, 1.54) is 19.3 Å². The number of carbonyl (C=O) groups excluding carboxylic acids is 1. The molecule has 1 aromatic rings. The second-order valence-corrected chi connectivity index (χ2v) is 4.47. The molecule has 17 heavy (non-hydrogen) atoms. The lowest BCUT2D eigenvalue weighted by atomic mass is 10.0. The van der Waals surface area contributed by atoms with E-state index in [0.717, 1.165) is 24.3 Å². The highest BCUT2D eigenvalue weighted by Crippen LogP contribution is 2.25. The van der Waals surface area contributed by atoms with Crippen LogP contribution in [0.3, 0.4) is 0 Å². The van der Waals surface area contributed by atoms with Crippen molar-refractivity contribution in [1.82, 2.24) is 5.43 Å². The van der Waals surface area contributed by atoms with Crippen LogP contribution in [0, 0.1) is 6.92 Å². The van der Waals surface area contributed by atoms with Gasteiger partial charge in [-0.05, 0) is 43.9 Å². The molecule has 1 aromatic carbocycles. The van der Waals surface area contributed by atoms with Gasteiger partial charge < -0.3 is 4.90 Å². The molecule has 1 heterocycles. The molecule has 0 atom stereocenters. The maximum atomic E-state index is 11.6. The summed E-state index contributed by atoms with van der Waals surface area (Å²) in [6, 6.07) is 5.81. The van der Waals surface area contributed by atoms with Crippen molar-refractivity contribution in [2.75, 3.05) is 18.0 Å². The van der Waals surface area contributed by atoms with Gasteiger partial charge in [0.2, 0.25) is 0 Å². The average molecular weight is 233 g/mol. The number of amides is 1. The van der Waals surface area contributed by atoms with Gasteiger partial charge in [-0.15, -0.1) is 0 Å². The van der Waals surface area contributed by atoms with Crippen LogP contribution in [-0.2, 0) is 0 Å². The third-order valence-electron chi connectivity index (χ3n) is 3.38. The zero-order chi connectivity index (χ0) is 12.3. The third-order valence-corrected chi connectivity index (χ3v) is 3.38. The summed E-state index contributed by atoms with van der Waals surface area (Å²) in [6.45, 7) is 4.14. The number of nitrogens with one attached hydrogen (secondary N) is 1. The van der Waals surface area contributed by atoms with Crippen LogP contribution >= 0.6 is 0 Å². The van der Waals surface area contributed by atoms with E-state index >= 15 is 0 Å². The number of rotatable bonds is 2. The van der Waals surface area contributed by atoms with E-state index in [4.69, 9.17) is 5.84 Å². The molecule has 0 radical (unpaired) electrons. The number of nitrogens with two attached hydrogens (primary N) is 1. The summed E-state index contributed by atoms with van der Waals surface area (Å²) in [6.07, 6.45) is 3.76. The monoisotopic (exact) mass is 233 g/mol. The van der Waals surface area contributed by atoms with Crippen molar-refractivity contribution in [3.05, 3.63) is 29.3 Å². The Morgan fingerprint density at radius 1 is 1.29 bits per heavy atom. The van der Waals surface area contributed by atoms with Crippen LogP contribution in [-0.4, -0.2) is 19.0 Å². The minimum atomic E-state index is -0.221. The molecular weight excluding hydrogens is 214 g/mol. The summed E-state index contributed by atoms with van der Waals surface area (Å²) in [5.41, 5.74) is 5.03. The van der Waals surface area contributed by atoms with E-state index in [-0.39, 0.29) is 5.91 Å². The Bertz CT molecular complexity index is 411. The maximum absolute atomic E-state index is 11.6. The fraction of sp³-hybridized carbons (Fsp3) is 0.462. The third kappa shape index (κ3) is 2.42. The predicted octanol–water partition coefficient (Wildman–Crippen LogP) is 1.59. The summed E-state index contributed by atoms with van der Waals surface area (Å²) < 4.78 is 0. The van der Waals surface area contributed by atoms with Gasteiger partial charge in [0.1, 0.15) is 0 Å². The van der Waals surface area contributed by atoms with Crippen molar-refractivity contribution >= 4 is 11.6 Å². The van der Waals surface area contributed by atoms with Crippen LogP contribution in [0.1, 0.15) is 35.2 Å². The molecule has 4 nitrogen and oxygen atoms in total. The minimum absolute atomic E-state index is 0.221. The average Bonchev–Trinajstić information content (AvgIpc) is 2.39. The summed E-state index contributed by atoms with van der Waals surface area (Å²) in [5, 5.41) is 0. The van der Waals surface area contributed by atoms with Crippen molar-refractivity contribution in [2.45, 2.75) is 26.2 Å². The number of nitrogen functional groups attached to an aromatic ring is 1. The van der Waals surface area contributed by atoms with E-state index in [1.54, 1.807) is 0 Å². The summed E-state index contributed by atoms with van der Waals surface area (Å²) in [5.74, 6) is 4.97. The highest BCUT2D eigenvalue weighted by molar-refractivity contribution is 5.96. The molecule has 0 spiro atoms. The first kappa shape index (κ1) is 11.9. The van der Waals surface area contributed by atoms with Gasteiger partial charge in [-0.1, -0.05) is 6.07 Å². The molecule has 1 amide bonds. The van der Waals surface area contributed by atoms with Crippen molar-refractivity contribution in [2.24, 2.45) is 5.84 Å². The Morgan fingerprint density at radius 2 is 2.00 bits per heavy atom. The Labute approximate surface area is 102 Å². The fourth-order valence-electron chi connectivity index (χ4n) is 2.42. The highest BCUT2D eigenvalue weighted by atomic mass is 16.2. The van der Waals surface area contributed by atoms with Gasteiger partial charge >= 0.3 is 0 Å². The number of hydrogen-bond acceptors (Lipinski definition) is 3. The lowest BCUT2D eigenvalue weighted by Crippen LogP contribution is -2.33. The van der Waals surface area contributed by atoms with Gasteiger partial charge in [-0.2, -0.15) is 0 Å². The van der Waals surface area contributed by atoms with Gasteiger partial charge in [0, 0.05) is 24.3 Å². The standard InChI is InChI=1S/C13H19N3O/c1-10-11(13(17)15-14)6-5-7-12(10)16-8-3-2-4-9-16/h5-7H,2-4,8-9,14H2,1H3,(H,15,17). The Balaban J connectivity index is 2.31. The molecule has 0 aliphatic carbocycles. The fourth-order valence-corrected chi connectivity index (χ4v) is 2.42. The maximum Gasteiger partial charge on any atom is 0.265 e. The van der Waals surface area contributed by atoms with Crippen LogP contribution in [0.5, 0.6) is 0 Å². The van der Waals surface area contributed by atoms with Crippen LogP contribution in [0.15, 0.2) is 18.2 Å². The molecule has 1 saturated heterocycles. The number of piperidine rings is 1. The molecule has 1 aliphatic heterocycles. The van der Waals surface area contributed by atoms with Gasteiger partial charge in [-0.3, -0.25) is 10.2 Å². The second-order valence-electron chi connectivity index (χ2n) is 4.47. The lowest BCUT2D eigenvalue weighted by molar-refractivity contribution is 0.0953. The van der Waals surface area contributed by atoms with E-state index < -0.39 is 0 Å². The molecule has 1 fully saturated rings. The van der Waals surface area contributed by atoms with Gasteiger partial charge in [0.25, 0.3) is 5.91 Å². The number of carbonyl (C=O) groups is 1. The predicted molar refractivity (Wildman–Crippen MR) is 68.9 cm³/mol. The number of nitrogens with zero attached hydrogens (tertiary/aromatic N) is 1. The molecule has 1 aliphatic rings. The van der Waals surface area contributed by atoms with Crippen LogP contribution in [0.4, 0.5) is 5.69 Å². The molecular formula is C13H19N3O. The molecule has 3 N–H and O–H groups in total. The van der Waals surface area contributed by atoms with Crippen molar-refractivity contribution in [3.63, 3.8) is 0 Å². The van der Waals surface area contributed by atoms with Crippen molar-refractivity contribution < 1.29 is 4.79 Å². The Kier molecular flexibility index (Phi) is 3.64. The molecule has 2 rings (SSSR count). The van der Waals surface area contributed by atoms with Crippen molar-refractivity contribution in [3.8, 4) is 0 Å². The number of benzene rings is 1. The molecule has 0 bridgehead atoms. The van der Waals surface area contributed by atoms with E-state index in [2.05, 4.69) is 16.4 Å².